The van der Waals surface area contributed by atoms with Crippen molar-refractivity contribution in [1.82, 2.24) is 14.8 Å². The molecule has 2 aromatic heterocycles. The molecule has 0 amide bonds. The molecule has 5 heteroatoms. The number of fused-ring (bicyclic) bond motifs is 1. The Morgan fingerprint density at radius 2 is 2.05 bits per heavy atom. The lowest BCUT2D eigenvalue weighted by Gasteiger charge is -2.10. The zero-order valence-corrected chi connectivity index (χ0v) is 11.4. The van der Waals surface area contributed by atoms with Gasteiger partial charge in [-0.1, -0.05) is 18.2 Å². The van der Waals surface area contributed by atoms with Gasteiger partial charge in [-0.25, -0.2) is 0 Å². The first-order chi connectivity index (χ1) is 9.70. The number of aryl methyl sites for hydroxylation is 1. The van der Waals surface area contributed by atoms with Gasteiger partial charge in [-0.05, 0) is 17.7 Å². The van der Waals surface area contributed by atoms with Crippen LogP contribution in [0.2, 0.25) is 0 Å². The van der Waals surface area contributed by atoms with Crippen molar-refractivity contribution in [1.29, 1.82) is 0 Å². The van der Waals surface area contributed by atoms with E-state index in [0.717, 1.165) is 22.2 Å². The zero-order valence-electron chi connectivity index (χ0n) is 11.4. The van der Waals surface area contributed by atoms with Crippen LogP contribution in [0.15, 0.2) is 42.7 Å². The molecule has 0 saturated carbocycles. The molecule has 5 nitrogen and oxygen atoms in total. The van der Waals surface area contributed by atoms with Crippen LogP contribution in [-0.4, -0.2) is 21.9 Å². The summed E-state index contributed by atoms with van der Waals surface area (Å²) >= 11 is 0. The van der Waals surface area contributed by atoms with E-state index in [0.29, 0.717) is 5.75 Å². The van der Waals surface area contributed by atoms with Crippen LogP contribution in [0.3, 0.4) is 0 Å². The first-order valence-electron chi connectivity index (χ1n) is 6.37. The van der Waals surface area contributed by atoms with E-state index in [1.807, 2.05) is 42.1 Å². The molecule has 0 aliphatic carbocycles. The third-order valence-corrected chi connectivity index (χ3v) is 3.41. The molecule has 0 aliphatic rings. The Balaban J connectivity index is 2.10. The Morgan fingerprint density at radius 1 is 1.25 bits per heavy atom. The maximum Gasteiger partial charge on any atom is 0.137 e. The number of ether oxygens (including phenoxy) is 1. The molecular formula is C15H16N4O. The van der Waals surface area contributed by atoms with Crippen molar-refractivity contribution in [2.75, 3.05) is 7.11 Å². The van der Waals surface area contributed by atoms with E-state index in [4.69, 9.17) is 10.5 Å². The summed E-state index contributed by atoms with van der Waals surface area (Å²) in [6, 6.07) is 9.61. The number of benzene rings is 1. The van der Waals surface area contributed by atoms with Gasteiger partial charge in [0.15, 0.2) is 0 Å². The van der Waals surface area contributed by atoms with E-state index in [1.165, 1.54) is 0 Å². The van der Waals surface area contributed by atoms with Crippen molar-refractivity contribution in [3.63, 3.8) is 0 Å². The Kier molecular flexibility index (Phi) is 3.12. The second kappa shape index (κ2) is 4.94. The van der Waals surface area contributed by atoms with Crippen LogP contribution in [0.1, 0.15) is 17.3 Å². The fourth-order valence-electron chi connectivity index (χ4n) is 2.35. The summed E-state index contributed by atoms with van der Waals surface area (Å²) in [6.07, 6.45) is 3.41. The number of methoxy groups -OCH3 is 1. The molecule has 102 valence electrons. The normalized spacial score (nSPS) is 12.6. The second-order valence-electron chi connectivity index (χ2n) is 4.66. The summed E-state index contributed by atoms with van der Waals surface area (Å²) in [5.41, 5.74) is 9.14. The third kappa shape index (κ3) is 2.02. The maximum atomic E-state index is 6.35. The summed E-state index contributed by atoms with van der Waals surface area (Å²) in [6.45, 7) is 0. The molecule has 0 radical (unpaired) electrons. The van der Waals surface area contributed by atoms with Crippen molar-refractivity contribution >= 4 is 10.9 Å². The van der Waals surface area contributed by atoms with Gasteiger partial charge in [-0.2, -0.15) is 5.10 Å². The molecule has 0 aliphatic heterocycles. The van der Waals surface area contributed by atoms with Gasteiger partial charge in [0, 0.05) is 18.6 Å². The summed E-state index contributed by atoms with van der Waals surface area (Å²) in [7, 11) is 3.53. The highest BCUT2D eigenvalue weighted by Crippen LogP contribution is 2.27. The Bertz CT molecular complexity index is 750. The van der Waals surface area contributed by atoms with E-state index in [1.54, 1.807) is 19.5 Å². The number of hydrogen-bond acceptors (Lipinski definition) is 4. The van der Waals surface area contributed by atoms with Crippen molar-refractivity contribution in [3.05, 3.63) is 54.0 Å². The highest BCUT2D eigenvalue weighted by atomic mass is 16.5. The van der Waals surface area contributed by atoms with Crippen LogP contribution in [0.4, 0.5) is 0 Å². The van der Waals surface area contributed by atoms with Crippen molar-refractivity contribution in [3.8, 4) is 5.75 Å². The highest BCUT2D eigenvalue weighted by Gasteiger charge is 2.17. The molecule has 20 heavy (non-hydrogen) atoms. The number of nitrogens with zero attached hydrogens (tertiary/aromatic N) is 3. The minimum atomic E-state index is -0.330. The molecular weight excluding hydrogens is 252 g/mol. The molecule has 3 rings (SSSR count). The molecule has 2 N–H and O–H groups in total. The number of para-hydroxylation sites is 1. The van der Waals surface area contributed by atoms with Crippen LogP contribution < -0.4 is 10.5 Å². The molecule has 0 saturated heterocycles. The number of rotatable bonds is 3. The fraction of sp³-hybridized carbons (Fsp3) is 0.200. The van der Waals surface area contributed by atoms with Crippen molar-refractivity contribution in [2.24, 2.45) is 12.8 Å². The standard InChI is InChI=1S/C15H16N4O/c1-19-13-6-4-3-5-12(13)15(18-19)14(16)10-7-11(20-2)9-17-8-10/h3-9,14H,16H2,1-2H3. The molecule has 0 fully saturated rings. The lowest BCUT2D eigenvalue weighted by atomic mass is 10.0. The lowest BCUT2D eigenvalue weighted by Crippen LogP contribution is -2.13. The molecule has 0 spiro atoms. The maximum absolute atomic E-state index is 6.35. The van der Waals surface area contributed by atoms with Gasteiger partial charge in [0.2, 0.25) is 0 Å². The van der Waals surface area contributed by atoms with Crippen LogP contribution in [0.25, 0.3) is 10.9 Å². The van der Waals surface area contributed by atoms with E-state index in [9.17, 15) is 0 Å². The molecule has 1 atom stereocenters. The fourth-order valence-corrected chi connectivity index (χ4v) is 2.35. The molecule has 2 heterocycles. The Labute approximate surface area is 117 Å². The van der Waals surface area contributed by atoms with Crippen molar-refractivity contribution < 1.29 is 4.74 Å². The summed E-state index contributed by atoms with van der Waals surface area (Å²) in [4.78, 5) is 4.15. The molecule has 3 aromatic rings. The molecule has 0 bridgehead atoms. The van der Waals surface area contributed by atoms with Gasteiger partial charge in [-0.3, -0.25) is 9.67 Å². The second-order valence-corrected chi connectivity index (χ2v) is 4.66. The van der Waals surface area contributed by atoms with E-state index >= 15 is 0 Å². The zero-order chi connectivity index (χ0) is 14.1. The predicted octanol–water partition coefficient (Wildman–Crippen LogP) is 2.02. The predicted molar refractivity (Wildman–Crippen MR) is 77.5 cm³/mol. The number of hydrogen-bond donors (Lipinski definition) is 1. The monoisotopic (exact) mass is 268 g/mol. The Hall–Kier alpha value is -2.40. The Morgan fingerprint density at radius 3 is 2.85 bits per heavy atom. The van der Waals surface area contributed by atoms with Gasteiger partial charge < -0.3 is 10.5 Å². The molecule has 1 aromatic carbocycles. The summed E-state index contributed by atoms with van der Waals surface area (Å²) in [5.74, 6) is 0.693. The van der Waals surface area contributed by atoms with Crippen LogP contribution in [0, 0.1) is 0 Å². The van der Waals surface area contributed by atoms with Gasteiger partial charge in [0.05, 0.1) is 30.6 Å². The van der Waals surface area contributed by atoms with E-state index in [2.05, 4.69) is 10.1 Å². The smallest absolute Gasteiger partial charge is 0.137 e. The number of pyridine rings is 1. The van der Waals surface area contributed by atoms with Crippen molar-refractivity contribution in [2.45, 2.75) is 6.04 Å². The van der Waals surface area contributed by atoms with Gasteiger partial charge in [-0.15, -0.1) is 0 Å². The largest absolute Gasteiger partial charge is 0.495 e. The highest BCUT2D eigenvalue weighted by molar-refractivity contribution is 5.82. The molecule has 1 unspecified atom stereocenters. The lowest BCUT2D eigenvalue weighted by molar-refractivity contribution is 0.412. The first kappa shape index (κ1) is 12.6. The SMILES string of the molecule is COc1cncc(C(N)c2nn(C)c3ccccc23)c1. The van der Waals surface area contributed by atoms with Gasteiger partial charge in [0.1, 0.15) is 5.75 Å². The van der Waals surface area contributed by atoms with E-state index in [-0.39, 0.29) is 6.04 Å². The van der Waals surface area contributed by atoms with E-state index < -0.39 is 0 Å². The summed E-state index contributed by atoms with van der Waals surface area (Å²) < 4.78 is 7.04. The number of aromatic nitrogens is 3. The first-order valence-corrected chi connectivity index (χ1v) is 6.37. The number of nitrogens with two attached hydrogens (primary N) is 1. The van der Waals surface area contributed by atoms with Gasteiger partial charge >= 0.3 is 0 Å². The topological polar surface area (TPSA) is 66.0 Å². The van der Waals surface area contributed by atoms with Crippen LogP contribution in [0.5, 0.6) is 5.75 Å². The minimum Gasteiger partial charge on any atom is -0.495 e. The van der Waals surface area contributed by atoms with Crippen LogP contribution in [-0.2, 0) is 7.05 Å². The average Bonchev–Trinajstić information content (AvgIpc) is 2.84. The van der Waals surface area contributed by atoms with Gasteiger partial charge in [0.25, 0.3) is 0 Å². The third-order valence-electron chi connectivity index (χ3n) is 3.41. The quantitative estimate of drug-likeness (QED) is 0.789. The van der Waals surface area contributed by atoms with Crippen LogP contribution >= 0.6 is 0 Å². The summed E-state index contributed by atoms with van der Waals surface area (Å²) in [5, 5.41) is 5.61. The average molecular weight is 268 g/mol. The minimum absolute atomic E-state index is 0.330.